The van der Waals surface area contributed by atoms with Crippen molar-refractivity contribution in [1.82, 2.24) is 25.7 Å². The highest BCUT2D eigenvalue weighted by Gasteiger charge is 2.14. The van der Waals surface area contributed by atoms with Gasteiger partial charge in [-0.2, -0.15) is 4.98 Å². The van der Waals surface area contributed by atoms with Gasteiger partial charge in [-0.3, -0.25) is 4.79 Å². The molecule has 2 aromatic rings. The molecule has 1 aromatic heterocycles. The van der Waals surface area contributed by atoms with Crippen molar-refractivity contribution in [1.29, 1.82) is 0 Å². The number of carbonyl (C=O) groups excluding carboxylic acids is 2. The molecule has 8 nitrogen and oxygen atoms in total. The van der Waals surface area contributed by atoms with E-state index >= 15 is 0 Å². The third-order valence-electron chi connectivity index (χ3n) is 3.71. The highest BCUT2D eigenvalue weighted by Crippen LogP contribution is 2.07. The number of amides is 3. The summed E-state index contributed by atoms with van der Waals surface area (Å²) in [7, 11) is 3.25. The summed E-state index contributed by atoms with van der Waals surface area (Å²) in [6.45, 7) is 4.78. The Labute approximate surface area is 153 Å². The molecule has 1 aromatic carbocycles. The van der Waals surface area contributed by atoms with Gasteiger partial charge < -0.3 is 20.1 Å². The molecule has 1 heterocycles. The Balaban J connectivity index is 1.83. The molecule has 2 N–H and O–H groups in total. The Morgan fingerprint density at radius 3 is 2.54 bits per heavy atom. The van der Waals surface area contributed by atoms with Gasteiger partial charge in [0.1, 0.15) is 0 Å². The van der Waals surface area contributed by atoms with Crippen LogP contribution in [0.4, 0.5) is 4.79 Å². The summed E-state index contributed by atoms with van der Waals surface area (Å²) in [4.78, 5) is 29.5. The van der Waals surface area contributed by atoms with E-state index in [1.165, 1.54) is 4.90 Å². The normalized spacial score (nSPS) is 10.7. The van der Waals surface area contributed by atoms with Crippen LogP contribution >= 0.6 is 0 Å². The van der Waals surface area contributed by atoms with Gasteiger partial charge in [-0.05, 0) is 23.6 Å². The van der Waals surface area contributed by atoms with E-state index in [1.807, 2.05) is 12.1 Å². The Morgan fingerprint density at radius 1 is 1.23 bits per heavy atom. The zero-order chi connectivity index (χ0) is 19.1. The lowest BCUT2D eigenvalue weighted by Gasteiger charge is -2.16. The Kier molecular flexibility index (Phi) is 6.71. The second kappa shape index (κ2) is 8.98. The molecule has 0 atom stereocenters. The molecular formula is C18H25N5O3. The molecule has 0 bridgehead atoms. The summed E-state index contributed by atoms with van der Waals surface area (Å²) in [5, 5.41) is 9.29. The van der Waals surface area contributed by atoms with Gasteiger partial charge in [-0.25, -0.2) is 4.79 Å². The predicted molar refractivity (Wildman–Crippen MR) is 96.4 cm³/mol. The lowest BCUT2D eigenvalue weighted by Crippen LogP contribution is -2.36. The third kappa shape index (κ3) is 5.58. The fourth-order valence-electron chi connectivity index (χ4n) is 2.30. The van der Waals surface area contributed by atoms with Gasteiger partial charge in [-0.15, -0.1) is 0 Å². The maximum atomic E-state index is 12.2. The molecule has 0 saturated heterocycles. The largest absolute Gasteiger partial charge is 0.355 e. The first-order valence-corrected chi connectivity index (χ1v) is 8.50. The van der Waals surface area contributed by atoms with Crippen LogP contribution in [0.25, 0.3) is 0 Å². The highest BCUT2D eigenvalue weighted by atomic mass is 16.5. The van der Waals surface area contributed by atoms with Crippen LogP contribution in [0.5, 0.6) is 0 Å². The molecule has 0 aliphatic rings. The minimum atomic E-state index is -0.240. The van der Waals surface area contributed by atoms with Crippen LogP contribution in [0, 0.1) is 5.92 Å². The molecule has 0 fully saturated rings. The monoisotopic (exact) mass is 359 g/mol. The molecule has 0 radical (unpaired) electrons. The quantitative estimate of drug-likeness (QED) is 0.787. The van der Waals surface area contributed by atoms with E-state index in [-0.39, 0.29) is 18.5 Å². The average molecular weight is 359 g/mol. The number of nitrogens with zero attached hydrogens (tertiary/aromatic N) is 3. The molecule has 0 aliphatic carbocycles. The van der Waals surface area contributed by atoms with Gasteiger partial charge in [0.25, 0.3) is 5.91 Å². The molecule has 140 valence electrons. The maximum Gasteiger partial charge on any atom is 0.317 e. The van der Waals surface area contributed by atoms with Crippen molar-refractivity contribution in [2.24, 2.45) is 5.92 Å². The van der Waals surface area contributed by atoms with Crippen molar-refractivity contribution < 1.29 is 14.1 Å². The van der Waals surface area contributed by atoms with E-state index < -0.39 is 0 Å². The zero-order valence-electron chi connectivity index (χ0n) is 15.6. The lowest BCUT2D eigenvalue weighted by atomic mass is 10.1. The van der Waals surface area contributed by atoms with E-state index in [1.54, 1.807) is 26.2 Å². The Morgan fingerprint density at radius 2 is 1.92 bits per heavy atom. The first kappa shape index (κ1) is 19.4. The molecule has 26 heavy (non-hydrogen) atoms. The van der Waals surface area contributed by atoms with Gasteiger partial charge in [0.2, 0.25) is 5.89 Å². The van der Waals surface area contributed by atoms with E-state index in [0.717, 1.165) is 12.0 Å². The van der Waals surface area contributed by atoms with Crippen molar-refractivity contribution in [3.63, 3.8) is 0 Å². The molecular weight excluding hydrogens is 334 g/mol. The van der Waals surface area contributed by atoms with Crippen molar-refractivity contribution in [2.45, 2.75) is 33.4 Å². The Bertz CT molecular complexity index is 740. The molecule has 0 saturated carbocycles. The fraction of sp³-hybridized carbons (Fsp3) is 0.444. The third-order valence-corrected chi connectivity index (χ3v) is 3.71. The second-order valence-electron chi connectivity index (χ2n) is 6.49. The number of rotatable bonds is 7. The smallest absolute Gasteiger partial charge is 0.317 e. The molecule has 3 amide bonds. The average Bonchev–Trinajstić information content (AvgIpc) is 3.05. The molecule has 0 aliphatic heterocycles. The number of urea groups is 1. The number of hydrogen-bond acceptors (Lipinski definition) is 5. The Hall–Kier alpha value is -2.90. The van der Waals surface area contributed by atoms with Crippen molar-refractivity contribution in [2.75, 3.05) is 14.1 Å². The van der Waals surface area contributed by atoms with Gasteiger partial charge in [0.05, 0.1) is 6.54 Å². The van der Waals surface area contributed by atoms with Crippen molar-refractivity contribution >= 4 is 11.9 Å². The zero-order valence-corrected chi connectivity index (χ0v) is 15.6. The molecule has 0 spiro atoms. The SMILES string of the molecule is CNC(=O)c1ccc(CNC(=O)N(C)Cc2noc(CC(C)C)n2)cc1. The van der Waals surface area contributed by atoms with Crippen LogP contribution < -0.4 is 10.6 Å². The topological polar surface area (TPSA) is 100 Å². The predicted octanol–water partition coefficient (Wildman–Crippen LogP) is 1.97. The number of hydrogen-bond donors (Lipinski definition) is 2. The van der Waals surface area contributed by atoms with E-state index in [4.69, 9.17) is 4.52 Å². The first-order valence-electron chi connectivity index (χ1n) is 8.50. The summed E-state index contributed by atoms with van der Waals surface area (Å²) in [5.74, 6) is 1.35. The highest BCUT2D eigenvalue weighted by molar-refractivity contribution is 5.93. The van der Waals surface area contributed by atoms with Crippen LogP contribution in [0.3, 0.4) is 0 Å². The summed E-state index contributed by atoms with van der Waals surface area (Å²) in [5.41, 5.74) is 1.48. The van der Waals surface area contributed by atoms with Crippen LogP contribution in [-0.2, 0) is 19.5 Å². The van der Waals surface area contributed by atoms with Gasteiger partial charge in [-0.1, -0.05) is 31.1 Å². The summed E-state index contributed by atoms with van der Waals surface area (Å²) >= 11 is 0. The molecule has 2 rings (SSSR count). The fourth-order valence-corrected chi connectivity index (χ4v) is 2.30. The van der Waals surface area contributed by atoms with E-state index in [0.29, 0.717) is 29.7 Å². The molecule has 0 unspecified atom stereocenters. The van der Waals surface area contributed by atoms with Crippen LogP contribution in [0.2, 0.25) is 0 Å². The number of aromatic nitrogens is 2. The minimum absolute atomic E-state index is 0.141. The van der Waals surface area contributed by atoms with Crippen molar-refractivity contribution in [3.8, 4) is 0 Å². The van der Waals surface area contributed by atoms with E-state index in [9.17, 15) is 9.59 Å². The number of nitrogens with one attached hydrogen (secondary N) is 2. The summed E-state index contributed by atoms with van der Waals surface area (Å²) in [6, 6.07) is 6.82. The minimum Gasteiger partial charge on any atom is -0.355 e. The summed E-state index contributed by atoms with van der Waals surface area (Å²) in [6.07, 6.45) is 0.717. The van der Waals surface area contributed by atoms with Crippen LogP contribution in [0.1, 0.15) is 41.5 Å². The summed E-state index contributed by atoms with van der Waals surface area (Å²) < 4.78 is 5.17. The van der Waals surface area contributed by atoms with Crippen LogP contribution in [0.15, 0.2) is 28.8 Å². The maximum absolute atomic E-state index is 12.2. The standard InChI is InChI=1S/C18H25N5O3/c1-12(2)9-16-21-15(22-26-16)11-23(4)18(25)20-10-13-5-7-14(8-6-13)17(24)19-3/h5-8,12H,9-11H2,1-4H3,(H,19,24)(H,20,25). The first-order chi connectivity index (χ1) is 12.4. The van der Waals surface area contributed by atoms with Crippen LogP contribution in [-0.4, -0.2) is 41.1 Å². The lowest BCUT2D eigenvalue weighted by molar-refractivity contribution is 0.0963. The van der Waals surface area contributed by atoms with Gasteiger partial charge in [0.15, 0.2) is 5.82 Å². The van der Waals surface area contributed by atoms with E-state index in [2.05, 4.69) is 34.6 Å². The number of benzene rings is 1. The second-order valence-corrected chi connectivity index (χ2v) is 6.49. The van der Waals surface area contributed by atoms with Gasteiger partial charge >= 0.3 is 6.03 Å². The van der Waals surface area contributed by atoms with Gasteiger partial charge in [0, 0.05) is 32.6 Å². The molecule has 8 heteroatoms. The van der Waals surface area contributed by atoms with Crippen molar-refractivity contribution in [3.05, 3.63) is 47.1 Å². The number of carbonyl (C=O) groups is 2.